The molecule has 9 heteroatoms. The summed E-state index contributed by atoms with van der Waals surface area (Å²) in [5, 5.41) is 33.3. The summed E-state index contributed by atoms with van der Waals surface area (Å²) in [6.07, 6.45) is 0. The maximum Gasteiger partial charge on any atom is 0.244 e. The van der Waals surface area contributed by atoms with Crippen molar-refractivity contribution in [2.45, 2.75) is 18.5 Å². The predicted molar refractivity (Wildman–Crippen MR) is 100 cm³/mol. The quantitative estimate of drug-likeness (QED) is 0.549. The number of quaternary nitrogens is 1. The fourth-order valence-electron chi connectivity index (χ4n) is 4.61. The molecule has 0 aromatic heterocycles. The third kappa shape index (κ3) is 2.62. The Labute approximate surface area is 171 Å². The molecule has 4 rings (SSSR count). The summed E-state index contributed by atoms with van der Waals surface area (Å²) in [4.78, 5) is 39.8. The second-order valence-corrected chi connectivity index (χ2v) is 7.69. The van der Waals surface area contributed by atoms with E-state index in [1.54, 1.807) is 24.3 Å². The third-order valence-corrected chi connectivity index (χ3v) is 6.05. The van der Waals surface area contributed by atoms with E-state index in [4.69, 9.17) is 4.74 Å². The molecule has 30 heavy (non-hydrogen) atoms. The molecule has 2 aromatic carbocycles. The van der Waals surface area contributed by atoms with Crippen LogP contribution in [0.5, 0.6) is 17.2 Å². The number of hydrogen-bond acceptors (Lipinski definition) is 7. The predicted octanol–water partition coefficient (Wildman–Crippen LogP) is -0.961. The van der Waals surface area contributed by atoms with Crippen LogP contribution in [0.15, 0.2) is 42.5 Å². The van der Waals surface area contributed by atoms with Crippen LogP contribution in [0.25, 0.3) is 0 Å². The van der Waals surface area contributed by atoms with E-state index >= 15 is 0 Å². The number of rotatable bonds is 4. The van der Waals surface area contributed by atoms with Gasteiger partial charge in [0.05, 0.1) is 18.4 Å². The van der Waals surface area contributed by atoms with Gasteiger partial charge in [0.25, 0.3) is 0 Å². The van der Waals surface area contributed by atoms with Gasteiger partial charge in [-0.25, -0.2) is 4.90 Å². The molecule has 0 spiro atoms. The van der Waals surface area contributed by atoms with E-state index in [2.05, 4.69) is 0 Å². The van der Waals surface area contributed by atoms with Crippen LogP contribution >= 0.6 is 0 Å². The van der Waals surface area contributed by atoms with Gasteiger partial charge in [-0.05, 0) is 31.2 Å². The number of phenolic OH excluding ortho intramolecular Hbond substituents is 2. The van der Waals surface area contributed by atoms with E-state index in [9.17, 15) is 29.7 Å². The van der Waals surface area contributed by atoms with Crippen LogP contribution in [-0.4, -0.2) is 40.6 Å². The zero-order valence-electron chi connectivity index (χ0n) is 16.2. The first-order chi connectivity index (χ1) is 14.2. The molecule has 2 aliphatic heterocycles. The van der Waals surface area contributed by atoms with Gasteiger partial charge in [-0.1, -0.05) is 12.1 Å². The summed E-state index contributed by atoms with van der Waals surface area (Å²) in [6, 6.07) is 9.44. The van der Waals surface area contributed by atoms with Gasteiger partial charge in [-0.2, -0.15) is 0 Å². The molecule has 9 nitrogen and oxygen atoms in total. The topological polar surface area (TPSA) is 144 Å². The second kappa shape index (κ2) is 6.74. The number of carboxylic acids is 1. The van der Waals surface area contributed by atoms with Crippen molar-refractivity contribution in [2.75, 3.05) is 12.0 Å². The van der Waals surface area contributed by atoms with E-state index in [1.807, 2.05) is 0 Å². The second-order valence-electron chi connectivity index (χ2n) is 7.69. The van der Waals surface area contributed by atoms with Gasteiger partial charge in [0.15, 0.2) is 0 Å². The molecule has 0 bridgehead atoms. The number of anilines is 1. The number of para-hydroxylation sites is 2. The van der Waals surface area contributed by atoms with Crippen LogP contribution < -0.4 is 20.1 Å². The molecule has 0 unspecified atom stereocenters. The Morgan fingerprint density at radius 3 is 2.50 bits per heavy atom. The van der Waals surface area contributed by atoms with Crippen LogP contribution in [0, 0.1) is 11.8 Å². The van der Waals surface area contributed by atoms with Crippen molar-refractivity contribution < 1.29 is 39.8 Å². The lowest BCUT2D eigenvalue weighted by Crippen LogP contribution is -2.98. The molecule has 4 atom stereocenters. The van der Waals surface area contributed by atoms with E-state index in [0.29, 0.717) is 5.75 Å². The monoisotopic (exact) mass is 412 g/mol. The van der Waals surface area contributed by atoms with Crippen molar-refractivity contribution >= 4 is 23.5 Å². The van der Waals surface area contributed by atoms with Gasteiger partial charge in [-0.3, -0.25) is 9.59 Å². The molecular weight excluding hydrogens is 392 g/mol. The van der Waals surface area contributed by atoms with Crippen LogP contribution in [0.4, 0.5) is 5.69 Å². The van der Waals surface area contributed by atoms with E-state index in [0.717, 1.165) is 11.0 Å². The molecule has 2 aliphatic rings. The normalized spacial score (nSPS) is 27.9. The smallest absolute Gasteiger partial charge is 0.244 e. The zero-order valence-corrected chi connectivity index (χ0v) is 16.2. The number of carbonyl (C=O) groups is 3. The van der Waals surface area contributed by atoms with Crippen molar-refractivity contribution in [3.63, 3.8) is 0 Å². The maximum atomic E-state index is 13.4. The molecule has 4 N–H and O–H groups in total. The molecule has 2 heterocycles. The third-order valence-electron chi connectivity index (χ3n) is 6.05. The summed E-state index contributed by atoms with van der Waals surface area (Å²) < 4.78 is 5.27. The minimum atomic E-state index is -1.73. The number of hydrogen-bond donors (Lipinski definition) is 3. The standard InChI is InChI=1S/C21H20N2O7/c1-21(20(28)29)16-15(17(22-21)11-8-7-10(24)9-13(11)25)18(26)23(19(16)27)12-5-3-4-6-14(12)30-2/h3-9,15-17,22,24-25H,1-2H3,(H,28,29)/t15-,16-,17-,21+/m0/s1. The number of aromatic hydroxyl groups is 2. The van der Waals surface area contributed by atoms with Gasteiger partial charge >= 0.3 is 0 Å². The molecule has 0 radical (unpaired) electrons. The van der Waals surface area contributed by atoms with Gasteiger partial charge < -0.3 is 30.2 Å². The minimum absolute atomic E-state index is 0.182. The number of imide groups is 1. The van der Waals surface area contributed by atoms with E-state index in [1.165, 1.54) is 31.5 Å². The Balaban J connectivity index is 1.86. The fourth-order valence-corrected chi connectivity index (χ4v) is 4.61. The van der Waals surface area contributed by atoms with E-state index in [-0.39, 0.29) is 22.7 Å². The molecular formula is C21H20N2O7. The number of ether oxygens (including phenoxy) is 1. The van der Waals surface area contributed by atoms with Crippen molar-refractivity contribution in [1.29, 1.82) is 0 Å². The Hall–Kier alpha value is -3.59. The van der Waals surface area contributed by atoms with Gasteiger partial charge in [0, 0.05) is 6.07 Å². The number of aliphatic carboxylic acids is 1. The summed E-state index contributed by atoms with van der Waals surface area (Å²) in [5.74, 6) is -5.19. The average Bonchev–Trinajstić information content (AvgIpc) is 3.16. The van der Waals surface area contributed by atoms with Crippen LogP contribution in [0.1, 0.15) is 18.5 Å². The summed E-state index contributed by atoms with van der Waals surface area (Å²) >= 11 is 0. The zero-order chi connectivity index (χ0) is 21.8. The van der Waals surface area contributed by atoms with Crippen molar-refractivity contribution in [3.8, 4) is 17.2 Å². The highest BCUT2D eigenvalue weighted by Gasteiger charge is 2.68. The Kier molecular flexibility index (Phi) is 4.43. The fraction of sp³-hybridized carbons (Fsp3) is 0.286. The number of nitrogens with two attached hydrogens (primary N) is 1. The molecule has 2 fully saturated rings. The molecule has 0 aliphatic carbocycles. The Morgan fingerprint density at radius 1 is 1.17 bits per heavy atom. The lowest BCUT2D eigenvalue weighted by atomic mass is 9.80. The largest absolute Gasteiger partial charge is 0.544 e. The number of nitrogens with zero attached hydrogens (tertiary/aromatic N) is 1. The number of carbonyl (C=O) groups excluding carboxylic acids is 3. The van der Waals surface area contributed by atoms with E-state index < -0.39 is 41.2 Å². The lowest BCUT2D eigenvalue weighted by Gasteiger charge is -2.29. The SMILES string of the molecule is COc1ccccc1N1C(=O)[C@H]2[C@@H](C1=O)[C@](C)(C(=O)[O-])[NH2+][C@H]2c1ccc(O)cc1O. The van der Waals surface area contributed by atoms with Crippen molar-refractivity contribution in [1.82, 2.24) is 0 Å². The summed E-state index contributed by atoms with van der Waals surface area (Å²) in [6.45, 7) is 1.34. The van der Waals surface area contributed by atoms with Gasteiger partial charge in [0.2, 0.25) is 11.8 Å². The van der Waals surface area contributed by atoms with Crippen LogP contribution in [0.3, 0.4) is 0 Å². The number of benzene rings is 2. The number of amides is 2. The molecule has 156 valence electrons. The number of carboxylic acid groups (broad SMARTS) is 1. The summed E-state index contributed by atoms with van der Waals surface area (Å²) in [7, 11) is 1.40. The first-order valence-corrected chi connectivity index (χ1v) is 9.31. The molecule has 2 saturated heterocycles. The van der Waals surface area contributed by atoms with Crippen molar-refractivity contribution in [2.24, 2.45) is 11.8 Å². The van der Waals surface area contributed by atoms with Gasteiger partial charge in [-0.15, -0.1) is 0 Å². The average molecular weight is 412 g/mol. The van der Waals surface area contributed by atoms with Crippen molar-refractivity contribution in [3.05, 3.63) is 48.0 Å². The highest BCUT2D eigenvalue weighted by Crippen LogP contribution is 2.48. The summed E-state index contributed by atoms with van der Waals surface area (Å²) in [5.41, 5.74) is -1.27. The maximum absolute atomic E-state index is 13.4. The van der Waals surface area contributed by atoms with Crippen LogP contribution in [0.2, 0.25) is 0 Å². The van der Waals surface area contributed by atoms with Gasteiger partial charge in [0.1, 0.15) is 46.6 Å². The first-order valence-electron chi connectivity index (χ1n) is 9.31. The lowest BCUT2D eigenvalue weighted by molar-refractivity contribution is -0.735. The highest BCUT2D eigenvalue weighted by atomic mass is 16.5. The number of fused-ring (bicyclic) bond motifs is 1. The number of methoxy groups -OCH3 is 1. The highest BCUT2D eigenvalue weighted by molar-refractivity contribution is 6.24. The molecule has 2 aromatic rings. The molecule has 0 saturated carbocycles. The Morgan fingerprint density at radius 2 is 1.87 bits per heavy atom. The number of phenols is 2. The first kappa shape index (κ1) is 19.7. The molecule has 2 amide bonds. The van der Waals surface area contributed by atoms with Crippen LogP contribution in [-0.2, 0) is 14.4 Å². The minimum Gasteiger partial charge on any atom is -0.544 e. The Bertz CT molecular complexity index is 1070.